The van der Waals surface area contributed by atoms with Gasteiger partial charge in [-0.3, -0.25) is 0 Å². The molecule has 0 fully saturated rings. The van der Waals surface area contributed by atoms with Crippen LogP contribution in [0.5, 0.6) is 0 Å². The number of aryl methyl sites for hydroxylation is 2. The topological polar surface area (TPSA) is 26.0 Å². The number of hydrogen-bond acceptors (Lipinski definition) is 2. The third-order valence-electron chi connectivity index (χ3n) is 2.76. The van der Waals surface area contributed by atoms with Crippen LogP contribution in [0.25, 0.3) is 0 Å². The first-order valence-corrected chi connectivity index (χ1v) is 6.89. The Morgan fingerprint density at radius 3 is 2.41 bits per heavy atom. The molecule has 0 radical (unpaired) electrons. The van der Waals surface area contributed by atoms with Crippen LogP contribution in [-0.4, -0.2) is 0 Å². The minimum absolute atomic E-state index is 0.209. The lowest BCUT2D eigenvalue weighted by atomic mass is 10.0. The molecule has 1 aromatic carbocycles. The lowest BCUT2D eigenvalue weighted by Gasteiger charge is -2.12. The molecule has 0 aliphatic rings. The maximum atomic E-state index is 6.22. The summed E-state index contributed by atoms with van der Waals surface area (Å²) in [5, 5.41) is 3.52. The van der Waals surface area contributed by atoms with Gasteiger partial charge in [0, 0.05) is 9.90 Å². The van der Waals surface area contributed by atoms with Crippen LogP contribution in [0.3, 0.4) is 0 Å². The first-order chi connectivity index (χ1) is 8.00. The van der Waals surface area contributed by atoms with Gasteiger partial charge in [-0.25, -0.2) is 0 Å². The predicted molar refractivity (Wildman–Crippen MR) is 76.3 cm³/mol. The van der Waals surface area contributed by atoms with Crippen LogP contribution >= 0.6 is 34.5 Å². The smallest absolute Gasteiger partial charge is 0.0661 e. The predicted octanol–water partition coefficient (Wildman–Crippen LogP) is 4.72. The molecule has 2 rings (SSSR count). The van der Waals surface area contributed by atoms with E-state index in [1.54, 1.807) is 11.3 Å². The molecule has 1 heterocycles. The first kappa shape index (κ1) is 12.9. The van der Waals surface area contributed by atoms with Crippen LogP contribution in [0.4, 0.5) is 0 Å². The van der Waals surface area contributed by atoms with Crippen molar-refractivity contribution in [1.29, 1.82) is 0 Å². The van der Waals surface area contributed by atoms with Crippen molar-refractivity contribution in [2.75, 3.05) is 0 Å². The number of nitrogens with two attached hydrogens (primary N) is 1. The van der Waals surface area contributed by atoms with Crippen LogP contribution < -0.4 is 5.73 Å². The average Bonchev–Trinajstić information content (AvgIpc) is 2.63. The Labute approximate surface area is 115 Å². The second kappa shape index (κ2) is 4.99. The zero-order valence-corrected chi connectivity index (χ0v) is 12.0. The van der Waals surface area contributed by atoms with Crippen LogP contribution in [0.2, 0.25) is 10.0 Å². The Kier molecular flexibility index (Phi) is 3.79. The number of thiophene rings is 1. The Morgan fingerprint density at radius 2 is 1.88 bits per heavy atom. The van der Waals surface area contributed by atoms with E-state index < -0.39 is 0 Å². The van der Waals surface area contributed by atoms with Gasteiger partial charge in [0.15, 0.2) is 0 Å². The summed E-state index contributed by atoms with van der Waals surface area (Å²) in [6.45, 7) is 3.96. The highest BCUT2D eigenvalue weighted by Crippen LogP contribution is 2.35. The van der Waals surface area contributed by atoms with E-state index in [9.17, 15) is 0 Å². The molecule has 90 valence electrons. The molecule has 2 aromatic rings. The van der Waals surface area contributed by atoms with Crippen molar-refractivity contribution >= 4 is 34.5 Å². The second-order valence-corrected chi connectivity index (χ2v) is 5.78. The van der Waals surface area contributed by atoms with E-state index in [1.165, 1.54) is 0 Å². The van der Waals surface area contributed by atoms with Gasteiger partial charge >= 0.3 is 0 Å². The zero-order valence-electron chi connectivity index (χ0n) is 9.63. The molecular formula is C13H13Cl2NS. The van der Waals surface area contributed by atoms with E-state index in [1.807, 2.05) is 37.4 Å². The Morgan fingerprint density at radius 1 is 1.18 bits per heavy atom. The van der Waals surface area contributed by atoms with Crippen molar-refractivity contribution in [2.45, 2.75) is 19.9 Å². The molecule has 1 nitrogen and oxygen atoms in total. The van der Waals surface area contributed by atoms with Crippen LogP contribution in [0.15, 0.2) is 23.6 Å². The zero-order chi connectivity index (χ0) is 12.6. The fourth-order valence-electron chi connectivity index (χ4n) is 1.61. The summed E-state index contributed by atoms with van der Waals surface area (Å²) in [6.07, 6.45) is 0. The molecule has 0 saturated heterocycles. The molecule has 1 atom stereocenters. The molecular weight excluding hydrogens is 273 g/mol. The highest BCUT2D eigenvalue weighted by atomic mass is 35.5. The molecule has 4 heteroatoms. The minimum atomic E-state index is -0.209. The molecule has 0 aliphatic carbocycles. The molecule has 1 unspecified atom stereocenters. The molecule has 17 heavy (non-hydrogen) atoms. The average molecular weight is 286 g/mol. The number of rotatable bonds is 2. The van der Waals surface area contributed by atoms with E-state index in [4.69, 9.17) is 28.9 Å². The van der Waals surface area contributed by atoms with E-state index in [0.717, 1.165) is 31.6 Å². The van der Waals surface area contributed by atoms with Crippen molar-refractivity contribution in [3.63, 3.8) is 0 Å². The normalized spacial score (nSPS) is 12.8. The van der Waals surface area contributed by atoms with Gasteiger partial charge in [0.25, 0.3) is 0 Å². The summed E-state index contributed by atoms with van der Waals surface area (Å²) in [5.41, 5.74) is 9.33. The first-order valence-electron chi connectivity index (χ1n) is 5.26. The van der Waals surface area contributed by atoms with Gasteiger partial charge in [-0.05, 0) is 42.0 Å². The third kappa shape index (κ3) is 2.50. The second-order valence-electron chi connectivity index (χ2n) is 4.08. The van der Waals surface area contributed by atoms with E-state index in [2.05, 4.69) is 0 Å². The van der Waals surface area contributed by atoms with Crippen molar-refractivity contribution in [1.82, 2.24) is 0 Å². The molecule has 0 bridgehead atoms. The molecule has 1 aromatic heterocycles. The standard InChI is InChI=1S/C13H13Cl2NS/c1-7-3-4-9(5-10(7)14)12(16)13-11(15)8(2)6-17-13/h3-6,12H,16H2,1-2H3. The maximum Gasteiger partial charge on any atom is 0.0661 e. The van der Waals surface area contributed by atoms with Crippen LogP contribution in [-0.2, 0) is 0 Å². The summed E-state index contributed by atoms with van der Waals surface area (Å²) < 4.78 is 0. The molecule has 0 amide bonds. The highest BCUT2D eigenvalue weighted by Gasteiger charge is 2.16. The largest absolute Gasteiger partial charge is 0.320 e. The highest BCUT2D eigenvalue weighted by molar-refractivity contribution is 7.10. The molecule has 0 aliphatic heterocycles. The van der Waals surface area contributed by atoms with Crippen molar-refractivity contribution < 1.29 is 0 Å². The third-order valence-corrected chi connectivity index (χ3v) is 4.97. The molecule has 0 saturated carbocycles. The van der Waals surface area contributed by atoms with Gasteiger partial charge < -0.3 is 5.73 Å². The minimum Gasteiger partial charge on any atom is -0.320 e. The van der Waals surface area contributed by atoms with Gasteiger partial charge in [-0.2, -0.15) is 0 Å². The van der Waals surface area contributed by atoms with Gasteiger partial charge in [0.2, 0.25) is 0 Å². The van der Waals surface area contributed by atoms with E-state index in [-0.39, 0.29) is 6.04 Å². The van der Waals surface area contributed by atoms with E-state index >= 15 is 0 Å². The number of hydrogen-bond donors (Lipinski definition) is 1. The molecule has 0 spiro atoms. The lowest BCUT2D eigenvalue weighted by Crippen LogP contribution is -2.10. The van der Waals surface area contributed by atoms with Crippen LogP contribution in [0, 0.1) is 13.8 Å². The summed E-state index contributed by atoms with van der Waals surface area (Å²) in [4.78, 5) is 0.990. The Hall–Kier alpha value is -0.540. The van der Waals surface area contributed by atoms with Gasteiger partial charge in [-0.15, -0.1) is 11.3 Å². The molecule has 2 N–H and O–H groups in total. The summed E-state index contributed by atoms with van der Waals surface area (Å²) in [5.74, 6) is 0. The quantitative estimate of drug-likeness (QED) is 0.849. The fraction of sp³-hybridized carbons (Fsp3) is 0.231. The Balaban J connectivity index is 2.40. The summed E-state index contributed by atoms with van der Waals surface area (Å²) >= 11 is 13.9. The van der Waals surface area contributed by atoms with Gasteiger partial charge in [0.05, 0.1) is 11.1 Å². The number of benzene rings is 1. The Bertz CT molecular complexity index is 548. The summed E-state index contributed by atoms with van der Waals surface area (Å²) in [6, 6.07) is 5.68. The van der Waals surface area contributed by atoms with Gasteiger partial charge in [-0.1, -0.05) is 35.3 Å². The number of halogens is 2. The van der Waals surface area contributed by atoms with Crippen molar-refractivity contribution in [3.05, 3.63) is 55.2 Å². The lowest BCUT2D eigenvalue weighted by molar-refractivity contribution is 0.892. The SMILES string of the molecule is Cc1ccc(C(N)c2scc(C)c2Cl)cc1Cl. The van der Waals surface area contributed by atoms with Crippen molar-refractivity contribution in [2.24, 2.45) is 5.73 Å². The monoisotopic (exact) mass is 285 g/mol. The fourth-order valence-corrected chi connectivity index (χ4v) is 3.14. The van der Waals surface area contributed by atoms with Gasteiger partial charge in [0.1, 0.15) is 0 Å². The maximum absolute atomic E-state index is 6.22. The van der Waals surface area contributed by atoms with Crippen molar-refractivity contribution in [3.8, 4) is 0 Å². The van der Waals surface area contributed by atoms with E-state index in [0.29, 0.717) is 0 Å². The summed E-state index contributed by atoms with van der Waals surface area (Å²) in [7, 11) is 0. The van der Waals surface area contributed by atoms with Crippen LogP contribution in [0.1, 0.15) is 27.6 Å².